The average molecular weight is 250 g/mol. The van der Waals surface area contributed by atoms with Crippen LogP contribution in [-0.4, -0.2) is 11.7 Å². The molecule has 2 heteroatoms. The minimum absolute atomic E-state index is 0.897. The number of rotatable bonds is 3. The van der Waals surface area contributed by atoms with Crippen LogP contribution in [0.5, 0.6) is 5.75 Å². The first-order valence-electron chi connectivity index (χ1n) is 6.36. The Kier molecular flexibility index (Phi) is 3.00. The van der Waals surface area contributed by atoms with Gasteiger partial charge in [0.2, 0.25) is 0 Å². The van der Waals surface area contributed by atoms with Gasteiger partial charge in [0, 0.05) is 12.4 Å². The Morgan fingerprint density at radius 1 is 1.11 bits per heavy atom. The smallest absolute Gasteiger partial charge is 0.118 e. The van der Waals surface area contributed by atoms with Gasteiger partial charge in [0.15, 0.2) is 0 Å². The summed E-state index contributed by atoms with van der Waals surface area (Å²) in [7, 11) is 3.73. The Bertz CT molecular complexity index is 695. The van der Waals surface area contributed by atoms with E-state index in [0.29, 0.717) is 0 Å². The topological polar surface area (TPSA) is 14.2 Å². The minimum Gasteiger partial charge on any atom is -0.497 e. The molecule has 0 amide bonds. The van der Waals surface area contributed by atoms with Gasteiger partial charge in [-0.2, -0.15) is 0 Å². The number of hydrogen-bond acceptors (Lipinski definition) is 1. The zero-order valence-corrected chi connectivity index (χ0v) is 11.2. The van der Waals surface area contributed by atoms with Crippen LogP contribution in [0.25, 0.3) is 10.9 Å². The van der Waals surface area contributed by atoms with E-state index in [1.165, 1.54) is 22.0 Å². The van der Waals surface area contributed by atoms with Crippen LogP contribution in [0.15, 0.2) is 48.5 Å². The van der Waals surface area contributed by atoms with Crippen LogP contribution in [0.1, 0.15) is 11.1 Å². The third-order valence-electron chi connectivity index (χ3n) is 3.45. The first-order valence-corrected chi connectivity index (χ1v) is 6.36. The standard InChI is InChI=1S/C17H16NO/c1-18-11-10-14-4-3-5-15(17(14)18)12-13-6-8-16(19-2)9-7-13/h3-10H,12H2,1-2H3. The zero-order valence-electron chi connectivity index (χ0n) is 11.2. The van der Waals surface area contributed by atoms with Crippen molar-refractivity contribution >= 4 is 10.9 Å². The number of nitrogens with zero attached hydrogens (tertiary/aromatic N) is 1. The molecule has 0 atom stereocenters. The lowest BCUT2D eigenvalue weighted by molar-refractivity contribution is 0.414. The third-order valence-corrected chi connectivity index (χ3v) is 3.45. The molecule has 0 aliphatic heterocycles. The van der Waals surface area contributed by atoms with Crippen LogP contribution < -0.4 is 4.74 Å². The highest BCUT2D eigenvalue weighted by Gasteiger charge is 2.05. The largest absolute Gasteiger partial charge is 0.497 e. The van der Waals surface area contributed by atoms with Crippen LogP contribution in [0.3, 0.4) is 0 Å². The molecule has 1 aromatic heterocycles. The third kappa shape index (κ3) is 2.22. The van der Waals surface area contributed by atoms with Gasteiger partial charge in [0.1, 0.15) is 5.75 Å². The fourth-order valence-corrected chi connectivity index (χ4v) is 2.47. The van der Waals surface area contributed by atoms with E-state index in [4.69, 9.17) is 4.74 Å². The Labute approximate surface area is 113 Å². The minimum atomic E-state index is 0.897. The van der Waals surface area contributed by atoms with Crippen molar-refractivity contribution in [1.82, 2.24) is 4.57 Å². The van der Waals surface area contributed by atoms with Crippen LogP contribution in [0, 0.1) is 6.20 Å². The molecule has 0 saturated heterocycles. The molecule has 0 saturated carbocycles. The fourth-order valence-electron chi connectivity index (χ4n) is 2.47. The Hall–Kier alpha value is -2.22. The predicted molar refractivity (Wildman–Crippen MR) is 77.6 cm³/mol. The summed E-state index contributed by atoms with van der Waals surface area (Å²) in [4.78, 5) is 0. The number of benzene rings is 2. The van der Waals surface area contributed by atoms with Crippen LogP contribution in [0.2, 0.25) is 0 Å². The maximum Gasteiger partial charge on any atom is 0.118 e. The van der Waals surface area contributed by atoms with Gasteiger partial charge in [-0.15, -0.1) is 0 Å². The highest BCUT2D eigenvalue weighted by atomic mass is 16.5. The quantitative estimate of drug-likeness (QED) is 0.693. The van der Waals surface area contributed by atoms with Crippen molar-refractivity contribution in [3.63, 3.8) is 0 Å². The van der Waals surface area contributed by atoms with Crippen molar-refractivity contribution in [1.29, 1.82) is 0 Å². The number of fused-ring (bicyclic) bond motifs is 1. The molecule has 1 heterocycles. The first-order chi connectivity index (χ1) is 9.28. The molecule has 2 nitrogen and oxygen atoms in total. The highest BCUT2D eigenvalue weighted by Crippen LogP contribution is 2.22. The average Bonchev–Trinajstić information content (AvgIpc) is 2.83. The molecule has 0 bridgehead atoms. The molecule has 0 unspecified atom stereocenters. The van der Waals surface area contributed by atoms with E-state index in [1.807, 2.05) is 25.2 Å². The van der Waals surface area contributed by atoms with E-state index < -0.39 is 0 Å². The van der Waals surface area contributed by atoms with Gasteiger partial charge in [-0.1, -0.05) is 30.3 Å². The molecule has 19 heavy (non-hydrogen) atoms. The molecule has 0 fully saturated rings. The molecule has 0 aliphatic carbocycles. The SMILES string of the molecule is COc1ccc(Cc2cccc3c[c]n(C)c23)cc1. The van der Waals surface area contributed by atoms with Crippen LogP contribution in [0.4, 0.5) is 0 Å². The number of methoxy groups -OCH3 is 1. The van der Waals surface area contributed by atoms with Crippen LogP contribution >= 0.6 is 0 Å². The summed E-state index contributed by atoms with van der Waals surface area (Å²) < 4.78 is 7.25. The van der Waals surface area contributed by atoms with E-state index in [9.17, 15) is 0 Å². The zero-order chi connectivity index (χ0) is 13.2. The molecule has 0 aliphatic rings. The van der Waals surface area contributed by atoms with E-state index in [-0.39, 0.29) is 0 Å². The first kappa shape index (κ1) is 11.8. The molecule has 1 radical (unpaired) electrons. The van der Waals surface area contributed by atoms with Gasteiger partial charge in [0.05, 0.1) is 18.8 Å². The van der Waals surface area contributed by atoms with E-state index in [2.05, 4.69) is 41.1 Å². The second-order valence-corrected chi connectivity index (χ2v) is 4.71. The number of hydrogen-bond donors (Lipinski definition) is 0. The lowest BCUT2D eigenvalue weighted by atomic mass is 10.0. The molecule has 95 valence electrons. The fraction of sp³-hybridized carbons (Fsp3) is 0.176. The lowest BCUT2D eigenvalue weighted by Crippen LogP contribution is -1.94. The summed E-state index contributed by atoms with van der Waals surface area (Å²) in [6, 6.07) is 16.7. The second kappa shape index (κ2) is 4.81. The maximum absolute atomic E-state index is 5.19. The van der Waals surface area contributed by atoms with Crippen molar-refractivity contribution in [3.8, 4) is 5.75 Å². The molecular weight excluding hydrogens is 234 g/mol. The van der Waals surface area contributed by atoms with Crippen molar-refractivity contribution in [2.45, 2.75) is 6.42 Å². The summed E-state index contributed by atoms with van der Waals surface area (Å²) in [5.74, 6) is 0.897. The number of aryl methyl sites for hydroxylation is 1. The van der Waals surface area contributed by atoms with Gasteiger partial charge in [-0.05, 0) is 35.7 Å². The summed E-state index contributed by atoms with van der Waals surface area (Å²) in [6.45, 7) is 0. The molecule has 2 aromatic carbocycles. The summed E-state index contributed by atoms with van der Waals surface area (Å²) >= 11 is 0. The predicted octanol–water partition coefficient (Wildman–Crippen LogP) is 3.58. The molecular formula is C17H16NO. The molecule has 0 spiro atoms. The van der Waals surface area contributed by atoms with Gasteiger partial charge in [-0.25, -0.2) is 0 Å². The molecule has 0 N–H and O–H groups in total. The lowest BCUT2D eigenvalue weighted by Gasteiger charge is -2.07. The number of aromatic nitrogens is 1. The van der Waals surface area contributed by atoms with Gasteiger partial charge < -0.3 is 9.30 Å². The van der Waals surface area contributed by atoms with Crippen molar-refractivity contribution < 1.29 is 4.74 Å². The maximum atomic E-state index is 5.19. The highest BCUT2D eigenvalue weighted by molar-refractivity contribution is 5.83. The van der Waals surface area contributed by atoms with E-state index in [1.54, 1.807) is 7.11 Å². The monoisotopic (exact) mass is 250 g/mol. The summed E-state index contributed by atoms with van der Waals surface area (Å²) in [5, 5.41) is 1.24. The molecule has 3 rings (SSSR count). The van der Waals surface area contributed by atoms with Crippen molar-refractivity contribution in [2.24, 2.45) is 7.05 Å². The van der Waals surface area contributed by atoms with E-state index in [0.717, 1.165) is 12.2 Å². The van der Waals surface area contributed by atoms with Crippen molar-refractivity contribution in [3.05, 3.63) is 65.9 Å². The van der Waals surface area contributed by atoms with E-state index >= 15 is 0 Å². The van der Waals surface area contributed by atoms with Gasteiger partial charge in [0.25, 0.3) is 0 Å². The second-order valence-electron chi connectivity index (χ2n) is 4.71. The normalized spacial score (nSPS) is 10.8. The number of para-hydroxylation sites is 1. The number of ether oxygens (including phenoxy) is 1. The van der Waals surface area contributed by atoms with Crippen molar-refractivity contribution in [2.75, 3.05) is 7.11 Å². The van der Waals surface area contributed by atoms with Gasteiger partial charge in [-0.3, -0.25) is 0 Å². The summed E-state index contributed by atoms with van der Waals surface area (Å²) in [6.07, 6.45) is 4.14. The van der Waals surface area contributed by atoms with Gasteiger partial charge >= 0.3 is 0 Å². The Morgan fingerprint density at radius 2 is 1.89 bits per heavy atom. The van der Waals surface area contributed by atoms with Crippen LogP contribution in [-0.2, 0) is 13.5 Å². The Balaban J connectivity index is 1.98. The summed E-state index contributed by atoms with van der Waals surface area (Å²) in [5.41, 5.74) is 3.87. The Morgan fingerprint density at radius 3 is 2.63 bits per heavy atom. The molecule has 3 aromatic rings.